The Morgan fingerprint density at radius 3 is 1.34 bits per heavy atom. The smallest absolute Gasteiger partial charge is 0.236 e. The van der Waals surface area contributed by atoms with E-state index in [9.17, 15) is 0 Å². The topological polar surface area (TPSA) is 12.5 Å². The highest BCUT2D eigenvalue weighted by molar-refractivity contribution is 6.08. The monoisotopic (exact) mass is 568 g/mol. The summed E-state index contributed by atoms with van der Waals surface area (Å²) in [5.41, 5.74) is 7.66. The van der Waals surface area contributed by atoms with Gasteiger partial charge in [-0.15, -0.1) is 0 Å². The van der Waals surface area contributed by atoms with Crippen LogP contribution >= 0.6 is 0 Å². The van der Waals surface area contributed by atoms with Crippen LogP contribution in [0.1, 0.15) is 11.1 Å². The van der Waals surface area contributed by atoms with Gasteiger partial charge in [-0.1, -0.05) is 84.9 Å². The molecule has 210 valence electrons. The molecule has 0 radical (unpaired) electrons. The summed E-state index contributed by atoms with van der Waals surface area (Å²) in [4.78, 5) is 4.80. The van der Waals surface area contributed by atoms with E-state index in [0.717, 1.165) is 13.1 Å². The Hall–Kier alpha value is -5.48. The molecule has 0 fully saturated rings. The van der Waals surface area contributed by atoms with Gasteiger partial charge in [0.15, 0.2) is 0 Å². The maximum absolute atomic E-state index is 2.43. The van der Waals surface area contributed by atoms with Gasteiger partial charge in [-0.25, -0.2) is 19.0 Å². The molecule has 4 nitrogen and oxygen atoms in total. The molecule has 0 spiro atoms. The van der Waals surface area contributed by atoms with Gasteiger partial charge < -0.3 is 0 Å². The molecule has 4 heteroatoms. The highest BCUT2D eigenvalue weighted by Gasteiger charge is 2.27. The second kappa shape index (κ2) is 9.51. The first kappa shape index (κ1) is 25.1. The van der Waals surface area contributed by atoms with Crippen molar-refractivity contribution in [3.63, 3.8) is 0 Å². The number of fused-ring (bicyclic) bond motifs is 2. The van der Waals surface area contributed by atoms with Gasteiger partial charge >= 0.3 is 0 Å². The van der Waals surface area contributed by atoms with Gasteiger partial charge in [0.1, 0.15) is 35.8 Å². The van der Waals surface area contributed by atoms with E-state index in [1.165, 1.54) is 77.0 Å². The van der Waals surface area contributed by atoms with Crippen LogP contribution in [0.2, 0.25) is 0 Å². The lowest BCUT2D eigenvalue weighted by atomic mass is 9.96. The number of hydrogen-bond acceptors (Lipinski definition) is 2. The van der Waals surface area contributed by atoms with Gasteiger partial charge in [-0.2, -0.15) is 0 Å². The van der Waals surface area contributed by atoms with Crippen LogP contribution in [0.5, 0.6) is 0 Å². The predicted molar refractivity (Wildman–Crippen MR) is 186 cm³/mol. The minimum atomic E-state index is 0.798. The van der Waals surface area contributed by atoms with Crippen LogP contribution in [-0.2, 0) is 13.1 Å². The molecule has 44 heavy (non-hydrogen) atoms. The molecule has 9 rings (SSSR count). The summed E-state index contributed by atoms with van der Waals surface area (Å²) >= 11 is 0. The van der Waals surface area contributed by atoms with Crippen LogP contribution in [0.3, 0.4) is 0 Å². The molecule has 2 heterocycles. The molecular weight excluding hydrogens is 536 g/mol. The molecular formula is C40H32N4+2. The Balaban J connectivity index is 1.15. The number of rotatable bonds is 4. The van der Waals surface area contributed by atoms with E-state index < -0.39 is 0 Å². The Morgan fingerprint density at radius 2 is 0.864 bits per heavy atom. The van der Waals surface area contributed by atoms with Crippen LogP contribution in [-0.4, -0.2) is 35.9 Å². The molecule has 0 aliphatic carbocycles. The fraction of sp³-hybridized carbons (Fsp3) is 0.100. The predicted octanol–water partition coefficient (Wildman–Crippen LogP) is 8.94. The van der Waals surface area contributed by atoms with Crippen LogP contribution in [0.4, 0.5) is 22.7 Å². The first-order valence-electron chi connectivity index (χ1n) is 15.3. The van der Waals surface area contributed by atoms with Gasteiger partial charge in [0.2, 0.25) is 12.7 Å². The van der Waals surface area contributed by atoms with Gasteiger partial charge in [-0.05, 0) is 68.7 Å². The average molecular weight is 569 g/mol. The highest BCUT2D eigenvalue weighted by atomic mass is 15.2. The SMILES string of the molecule is C[N+]1=CN(Cc2cccc3cc4cccc(CN5C=[N+](C)c6cccc7cccc5c67)c4cc23)c2cccc3cccc1c23. The molecule has 0 saturated carbocycles. The molecule has 7 aromatic rings. The van der Waals surface area contributed by atoms with Crippen molar-refractivity contribution in [2.45, 2.75) is 13.1 Å². The standard InChI is InChI=1S/C40H32N4/c1-41-25-43(37-19-7-11-27-9-5-17-35(41)39(27)37)23-31-15-3-13-29-21-30-14-4-16-32(34(30)22-33(29)31)24-44-26-42(2)36-18-6-10-28-12-8-20-38(44)40(28)36/h3-22,25-26H,23-24H2,1-2H3/q+2. The first-order valence-corrected chi connectivity index (χ1v) is 15.3. The highest BCUT2D eigenvalue weighted by Crippen LogP contribution is 2.39. The summed E-state index contributed by atoms with van der Waals surface area (Å²) in [7, 11) is 4.29. The average Bonchev–Trinajstić information content (AvgIpc) is 3.05. The number of nitrogens with zero attached hydrogens (tertiary/aromatic N) is 4. The molecule has 2 aliphatic heterocycles. The molecule has 0 saturated heterocycles. The van der Waals surface area contributed by atoms with Crippen LogP contribution in [0.15, 0.2) is 121 Å². The molecule has 0 atom stereocenters. The third-order valence-electron chi connectivity index (χ3n) is 9.47. The third kappa shape index (κ3) is 3.77. The fourth-order valence-electron chi connectivity index (χ4n) is 7.41. The summed E-state index contributed by atoms with van der Waals surface area (Å²) < 4.78 is 4.50. The number of hydrogen-bond donors (Lipinski definition) is 0. The van der Waals surface area contributed by atoms with E-state index in [0.29, 0.717) is 0 Å². The maximum atomic E-state index is 2.43. The summed E-state index contributed by atoms with van der Waals surface area (Å²) in [5, 5.41) is 10.3. The maximum Gasteiger partial charge on any atom is 0.244 e. The van der Waals surface area contributed by atoms with E-state index in [1.807, 2.05) is 0 Å². The molecule has 0 aromatic heterocycles. The van der Waals surface area contributed by atoms with Gasteiger partial charge in [-0.3, -0.25) is 0 Å². The largest absolute Gasteiger partial charge is 0.244 e. The van der Waals surface area contributed by atoms with Gasteiger partial charge in [0.05, 0.1) is 24.9 Å². The van der Waals surface area contributed by atoms with Crippen molar-refractivity contribution in [3.8, 4) is 0 Å². The zero-order valence-corrected chi connectivity index (χ0v) is 24.9. The number of anilines is 2. The van der Waals surface area contributed by atoms with E-state index in [-0.39, 0.29) is 0 Å². The summed E-state index contributed by atoms with van der Waals surface area (Å²) in [6.07, 6.45) is 4.48. The van der Waals surface area contributed by atoms with Crippen molar-refractivity contribution in [1.82, 2.24) is 0 Å². The third-order valence-corrected chi connectivity index (χ3v) is 9.47. The lowest BCUT2D eigenvalue weighted by Gasteiger charge is -2.23. The van der Waals surface area contributed by atoms with E-state index >= 15 is 0 Å². The van der Waals surface area contributed by atoms with E-state index in [4.69, 9.17) is 0 Å². The van der Waals surface area contributed by atoms with Gasteiger partial charge in [0.25, 0.3) is 0 Å². The Bertz CT molecular complexity index is 2210. The second-order valence-corrected chi connectivity index (χ2v) is 12.1. The zero-order chi connectivity index (χ0) is 29.4. The second-order valence-electron chi connectivity index (χ2n) is 12.1. The summed E-state index contributed by atoms with van der Waals surface area (Å²) in [6, 6.07) is 44.7. The molecule has 0 N–H and O–H groups in total. The van der Waals surface area contributed by atoms with E-state index in [1.54, 1.807) is 0 Å². The lowest BCUT2D eigenvalue weighted by molar-refractivity contribution is -0.399. The van der Waals surface area contributed by atoms with Crippen molar-refractivity contribution >= 4 is 78.5 Å². The van der Waals surface area contributed by atoms with Crippen LogP contribution in [0, 0.1) is 0 Å². The molecule has 0 amide bonds. The zero-order valence-electron chi connectivity index (χ0n) is 24.9. The summed E-state index contributed by atoms with van der Waals surface area (Å²) in [6.45, 7) is 1.60. The quantitative estimate of drug-likeness (QED) is 0.155. The van der Waals surface area contributed by atoms with Crippen molar-refractivity contribution in [2.75, 3.05) is 23.9 Å². The van der Waals surface area contributed by atoms with E-state index in [2.05, 4.69) is 167 Å². The fourth-order valence-corrected chi connectivity index (χ4v) is 7.41. The minimum absolute atomic E-state index is 0.798. The van der Waals surface area contributed by atoms with Crippen LogP contribution < -0.4 is 9.80 Å². The Kier molecular flexibility index (Phi) is 5.42. The molecule has 2 aliphatic rings. The lowest BCUT2D eigenvalue weighted by Crippen LogP contribution is -2.28. The normalized spacial score (nSPS) is 14.0. The number of benzene rings is 7. The van der Waals surface area contributed by atoms with Crippen molar-refractivity contribution in [2.24, 2.45) is 0 Å². The molecule has 7 aromatic carbocycles. The van der Waals surface area contributed by atoms with Crippen molar-refractivity contribution in [3.05, 3.63) is 132 Å². The first-order chi connectivity index (χ1) is 21.6. The van der Waals surface area contributed by atoms with Crippen LogP contribution in [0.25, 0.3) is 43.1 Å². The van der Waals surface area contributed by atoms with Gasteiger partial charge in [0, 0.05) is 11.1 Å². The minimum Gasteiger partial charge on any atom is -0.236 e. The Morgan fingerprint density at radius 1 is 0.455 bits per heavy atom. The Labute approximate surface area is 256 Å². The summed E-state index contributed by atoms with van der Waals surface area (Å²) in [5.74, 6) is 0. The molecule has 0 bridgehead atoms. The molecule has 0 unspecified atom stereocenters. The van der Waals surface area contributed by atoms with Crippen molar-refractivity contribution in [1.29, 1.82) is 0 Å². The van der Waals surface area contributed by atoms with Crippen molar-refractivity contribution < 1.29 is 9.15 Å².